The average molecular weight is 512 g/mol. The lowest BCUT2D eigenvalue weighted by molar-refractivity contribution is -0.122. The molecule has 1 unspecified atom stereocenters. The molecule has 0 radical (unpaired) electrons. The maximum absolute atomic E-state index is 13.9. The van der Waals surface area contributed by atoms with Gasteiger partial charge in [0.2, 0.25) is 5.91 Å². The topological polar surface area (TPSA) is 56.1 Å². The zero-order chi connectivity index (χ0) is 26.1. The smallest absolute Gasteiger partial charge is 0.232 e. The highest BCUT2D eigenvalue weighted by Crippen LogP contribution is 2.27. The van der Waals surface area contributed by atoms with Crippen LogP contribution >= 0.6 is 0 Å². The maximum Gasteiger partial charge on any atom is 0.232 e. The van der Waals surface area contributed by atoms with Gasteiger partial charge in [0.1, 0.15) is 12.6 Å². The molecule has 0 aliphatic rings. The second-order valence-electron chi connectivity index (χ2n) is 10.6. The van der Waals surface area contributed by atoms with E-state index in [1.165, 1.54) is 0 Å². The van der Waals surface area contributed by atoms with Crippen LogP contribution in [0.15, 0.2) is 103 Å². The van der Waals surface area contributed by atoms with Crippen molar-refractivity contribution in [2.24, 2.45) is 0 Å². The minimum Gasteiger partial charge on any atom is -0.361 e. The van der Waals surface area contributed by atoms with Crippen molar-refractivity contribution in [3.63, 3.8) is 0 Å². The molecule has 1 atom stereocenters. The summed E-state index contributed by atoms with van der Waals surface area (Å²) in [4.78, 5) is 18.5. The van der Waals surface area contributed by atoms with Crippen LogP contribution in [0.2, 0.25) is 25.7 Å². The number of nitrogens with one attached hydrogen (secondary N) is 1. The molecule has 4 aromatic rings. The zero-order valence-electron chi connectivity index (χ0n) is 22.0. The summed E-state index contributed by atoms with van der Waals surface area (Å²) in [6.07, 6.45) is 4.32. The lowest BCUT2D eigenvalue weighted by atomic mass is 9.90. The number of hydrogen-bond donors (Lipinski definition) is 1. The first kappa shape index (κ1) is 26.6. The van der Waals surface area contributed by atoms with E-state index in [-0.39, 0.29) is 11.9 Å². The van der Waals surface area contributed by atoms with Gasteiger partial charge in [-0.05, 0) is 22.7 Å². The van der Waals surface area contributed by atoms with Gasteiger partial charge in [-0.1, -0.05) is 111 Å². The molecule has 1 aromatic heterocycles. The van der Waals surface area contributed by atoms with E-state index >= 15 is 0 Å². The van der Waals surface area contributed by atoms with E-state index in [0.717, 1.165) is 35.2 Å². The zero-order valence-corrected chi connectivity index (χ0v) is 23.0. The van der Waals surface area contributed by atoms with Crippen LogP contribution in [-0.4, -0.2) is 30.1 Å². The molecule has 1 heterocycles. The van der Waals surface area contributed by atoms with Crippen LogP contribution in [0.3, 0.4) is 0 Å². The molecule has 0 bridgehead atoms. The molecular formula is C31H37N3O2Si. The Bertz CT molecular complexity index is 1200. The molecule has 1 N–H and O–H groups in total. The van der Waals surface area contributed by atoms with Gasteiger partial charge in [0.15, 0.2) is 0 Å². The van der Waals surface area contributed by atoms with Crippen LogP contribution in [0.1, 0.15) is 34.5 Å². The standard InChI is InChI=1S/C31H37N3O2Si/c1-37(2,3)22-21-36-24-34-20-19-32-29(34)23-28(25-13-7-4-8-14-25)33-31(35)30(26-15-9-5-10-16-26)27-17-11-6-12-18-27/h4-20,28,30H,21-24H2,1-3H3,(H,33,35). The average Bonchev–Trinajstić information content (AvgIpc) is 3.34. The first-order valence-electron chi connectivity index (χ1n) is 12.9. The minimum atomic E-state index is -1.15. The maximum atomic E-state index is 13.9. The van der Waals surface area contributed by atoms with Crippen LogP contribution in [0.25, 0.3) is 0 Å². The number of carbonyl (C=O) groups is 1. The van der Waals surface area contributed by atoms with Gasteiger partial charge in [-0.2, -0.15) is 0 Å². The number of rotatable bonds is 12. The molecular weight excluding hydrogens is 474 g/mol. The lowest BCUT2D eigenvalue weighted by Gasteiger charge is -2.24. The molecule has 1 amide bonds. The molecule has 37 heavy (non-hydrogen) atoms. The molecule has 4 rings (SSSR count). The van der Waals surface area contributed by atoms with Crippen molar-refractivity contribution >= 4 is 14.0 Å². The van der Waals surface area contributed by atoms with Gasteiger partial charge in [-0.15, -0.1) is 0 Å². The van der Waals surface area contributed by atoms with E-state index in [2.05, 4.69) is 42.1 Å². The molecule has 0 aliphatic heterocycles. The quantitative estimate of drug-likeness (QED) is 0.176. The second-order valence-corrected chi connectivity index (χ2v) is 16.2. The van der Waals surface area contributed by atoms with Crippen LogP contribution in [0.4, 0.5) is 0 Å². The van der Waals surface area contributed by atoms with E-state index in [1.807, 2.05) is 89.6 Å². The van der Waals surface area contributed by atoms with Crippen molar-refractivity contribution in [1.29, 1.82) is 0 Å². The monoisotopic (exact) mass is 511 g/mol. The molecule has 5 nitrogen and oxygen atoms in total. The molecule has 6 heteroatoms. The van der Waals surface area contributed by atoms with Crippen molar-refractivity contribution in [1.82, 2.24) is 14.9 Å². The first-order valence-corrected chi connectivity index (χ1v) is 16.6. The van der Waals surface area contributed by atoms with Crippen molar-refractivity contribution < 1.29 is 9.53 Å². The number of benzene rings is 3. The third-order valence-electron chi connectivity index (χ3n) is 6.46. The Morgan fingerprint density at radius 3 is 1.95 bits per heavy atom. The Kier molecular flexibility index (Phi) is 9.09. The fourth-order valence-corrected chi connectivity index (χ4v) is 5.11. The lowest BCUT2D eigenvalue weighted by Crippen LogP contribution is -2.35. The number of carbonyl (C=O) groups excluding carboxylic acids is 1. The van der Waals surface area contributed by atoms with Gasteiger partial charge in [0.25, 0.3) is 0 Å². The highest BCUT2D eigenvalue weighted by atomic mass is 28.3. The van der Waals surface area contributed by atoms with Gasteiger partial charge < -0.3 is 14.6 Å². The molecule has 0 saturated heterocycles. The molecule has 3 aromatic carbocycles. The van der Waals surface area contributed by atoms with Crippen molar-refractivity contribution in [3.05, 3.63) is 126 Å². The van der Waals surface area contributed by atoms with Crippen LogP contribution < -0.4 is 5.32 Å². The summed E-state index contributed by atoms with van der Waals surface area (Å²) in [5.74, 6) is 0.451. The summed E-state index contributed by atoms with van der Waals surface area (Å²) < 4.78 is 8.03. The van der Waals surface area contributed by atoms with Gasteiger partial charge in [0, 0.05) is 33.5 Å². The Hall–Kier alpha value is -3.48. The SMILES string of the molecule is C[Si](C)(C)CCOCn1ccnc1CC(NC(=O)C(c1ccccc1)c1ccccc1)c1ccccc1. The molecule has 0 spiro atoms. The number of amides is 1. The predicted molar refractivity (Wildman–Crippen MR) is 152 cm³/mol. The number of aromatic nitrogens is 2. The summed E-state index contributed by atoms with van der Waals surface area (Å²) in [5, 5.41) is 3.36. The highest BCUT2D eigenvalue weighted by Gasteiger charge is 2.26. The van der Waals surface area contributed by atoms with E-state index in [1.54, 1.807) is 6.20 Å². The predicted octanol–water partition coefficient (Wildman–Crippen LogP) is 6.43. The fraction of sp³-hybridized carbons (Fsp3) is 0.290. The molecule has 0 aliphatic carbocycles. The summed E-state index contributed by atoms with van der Waals surface area (Å²) >= 11 is 0. The van der Waals surface area contributed by atoms with Crippen LogP contribution in [0.5, 0.6) is 0 Å². The Morgan fingerprint density at radius 2 is 1.41 bits per heavy atom. The first-order chi connectivity index (χ1) is 17.9. The number of nitrogens with zero attached hydrogens (tertiary/aromatic N) is 2. The van der Waals surface area contributed by atoms with Crippen molar-refractivity contribution in [2.45, 2.75) is 50.8 Å². The summed E-state index contributed by atoms with van der Waals surface area (Å²) in [7, 11) is -1.15. The third kappa shape index (κ3) is 7.75. The molecule has 0 fully saturated rings. The van der Waals surface area contributed by atoms with E-state index in [4.69, 9.17) is 4.74 Å². The third-order valence-corrected chi connectivity index (χ3v) is 8.17. The van der Waals surface area contributed by atoms with Gasteiger partial charge in [-0.3, -0.25) is 4.79 Å². The van der Waals surface area contributed by atoms with Gasteiger partial charge in [0.05, 0.1) is 12.0 Å². The fourth-order valence-electron chi connectivity index (χ4n) is 4.35. The van der Waals surface area contributed by atoms with Gasteiger partial charge >= 0.3 is 0 Å². The Morgan fingerprint density at radius 1 is 0.865 bits per heavy atom. The van der Waals surface area contributed by atoms with Crippen LogP contribution in [-0.2, 0) is 22.7 Å². The summed E-state index contributed by atoms with van der Waals surface area (Å²) in [5.41, 5.74) is 2.98. The van der Waals surface area contributed by atoms with Crippen molar-refractivity contribution in [3.8, 4) is 0 Å². The molecule has 192 valence electrons. The van der Waals surface area contributed by atoms with Crippen LogP contribution in [0, 0.1) is 0 Å². The summed E-state index contributed by atoms with van der Waals surface area (Å²) in [6.45, 7) is 8.27. The van der Waals surface area contributed by atoms with E-state index in [0.29, 0.717) is 13.2 Å². The molecule has 0 saturated carbocycles. The number of imidazole rings is 1. The minimum absolute atomic E-state index is 0.0317. The largest absolute Gasteiger partial charge is 0.361 e. The summed E-state index contributed by atoms with van der Waals surface area (Å²) in [6, 6.07) is 30.9. The Balaban J connectivity index is 1.55. The Labute approximate surface area is 221 Å². The van der Waals surface area contributed by atoms with E-state index in [9.17, 15) is 4.79 Å². The normalized spacial score (nSPS) is 12.4. The highest BCUT2D eigenvalue weighted by molar-refractivity contribution is 6.76. The van der Waals surface area contributed by atoms with Crippen molar-refractivity contribution in [2.75, 3.05) is 6.61 Å². The second kappa shape index (κ2) is 12.7. The van der Waals surface area contributed by atoms with E-state index < -0.39 is 14.0 Å². The van der Waals surface area contributed by atoms with Gasteiger partial charge in [-0.25, -0.2) is 4.98 Å². The number of ether oxygens (including phenoxy) is 1. The number of hydrogen-bond acceptors (Lipinski definition) is 3.